The van der Waals surface area contributed by atoms with E-state index in [1.165, 1.54) is 5.56 Å². The number of benzene rings is 2. The topological polar surface area (TPSA) is 90.3 Å². The number of nitrogens with one attached hydrogen (secondary N) is 1. The first kappa shape index (κ1) is 24.2. The highest BCUT2D eigenvalue weighted by molar-refractivity contribution is 7.89. The van der Waals surface area contributed by atoms with Gasteiger partial charge in [0, 0.05) is 11.3 Å². The summed E-state index contributed by atoms with van der Waals surface area (Å²) < 4.78 is 35.8. The Balaban J connectivity index is 1.52. The summed E-state index contributed by atoms with van der Waals surface area (Å²) in [6.07, 6.45) is 3.89. The van der Waals surface area contributed by atoms with Gasteiger partial charge in [0.25, 0.3) is 0 Å². The molecule has 1 atom stereocenters. The SMILES string of the molecule is CCOC(=O)Cn1ncc2c1CCC[C@H]2NS(=O)(=O)c1ccc(-c2cccc(C(C)C)c2)cc1. The lowest BCUT2D eigenvalue weighted by atomic mass is 9.94. The normalized spacial score (nSPS) is 15.8. The third-order valence-electron chi connectivity index (χ3n) is 6.20. The molecule has 0 spiro atoms. The van der Waals surface area contributed by atoms with Gasteiger partial charge in [-0.1, -0.05) is 50.2 Å². The predicted octanol–water partition coefficient (Wildman–Crippen LogP) is 4.59. The van der Waals surface area contributed by atoms with E-state index in [2.05, 4.69) is 35.8 Å². The van der Waals surface area contributed by atoms with E-state index >= 15 is 0 Å². The Bertz CT molecular complexity index is 1260. The molecule has 4 rings (SSSR count). The number of carbonyl (C=O) groups is 1. The number of rotatable bonds is 8. The molecule has 180 valence electrons. The Morgan fingerprint density at radius 3 is 2.65 bits per heavy atom. The summed E-state index contributed by atoms with van der Waals surface area (Å²) in [6.45, 7) is 6.40. The van der Waals surface area contributed by atoms with Crippen LogP contribution in [0.15, 0.2) is 59.6 Å². The van der Waals surface area contributed by atoms with Gasteiger partial charge in [-0.3, -0.25) is 9.48 Å². The van der Waals surface area contributed by atoms with Gasteiger partial charge in [-0.15, -0.1) is 0 Å². The van der Waals surface area contributed by atoms with Gasteiger partial charge >= 0.3 is 5.97 Å². The number of fused-ring (bicyclic) bond motifs is 1. The lowest BCUT2D eigenvalue weighted by Gasteiger charge is -2.24. The maximum absolute atomic E-state index is 13.2. The number of sulfonamides is 1. The van der Waals surface area contributed by atoms with E-state index in [4.69, 9.17) is 4.74 Å². The minimum absolute atomic E-state index is 0.0299. The van der Waals surface area contributed by atoms with Crippen molar-refractivity contribution in [2.24, 2.45) is 0 Å². The molecule has 0 bridgehead atoms. The van der Waals surface area contributed by atoms with Crippen LogP contribution in [0.2, 0.25) is 0 Å². The first-order valence-electron chi connectivity index (χ1n) is 11.7. The number of ether oxygens (including phenoxy) is 1. The maximum Gasteiger partial charge on any atom is 0.327 e. The highest BCUT2D eigenvalue weighted by Gasteiger charge is 2.29. The van der Waals surface area contributed by atoms with Gasteiger partial charge in [-0.05, 0) is 60.9 Å². The fourth-order valence-corrected chi connectivity index (χ4v) is 5.62. The van der Waals surface area contributed by atoms with Gasteiger partial charge in [0.05, 0.1) is 23.7 Å². The summed E-state index contributed by atoms with van der Waals surface area (Å²) in [5, 5.41) is 4.32. The molecule has 1 aliphatic rings. The Hall–Kier alpha value is -2.97. The summed E-state index contributed by atoms with van der Waals surface area (Å²) in [5.74, 6) is 0.0703. The fourth-order valence-electron chi connectivity index (χ4n) is 4.37. The van der Waals surface area contributed by atoms with Crippen LogP contribution >= 0.6 is 0 Å². The summed E-state index contributed by atoms with van der Waals surface area (Å²) in [4.78, 5) is 12.1. The van der Waals surface area contributed by atoms with Gasteiger partial charge in [-0.25, -0.2) is 13.1 Å². The molecule has 1 aromatic heterocycles. The zero-order valence-corrected chi connectivity index (χ0v) is 20.6. The number of nitrogens with zero attached hydrogens (tertiary/aromatic N) is 2. The molecule has 0 saturated carbocycles. The molecule has 8 heteroatoms. The second-order valence-corrected chi connectivity index (χ2v) is 10.6. The highest BCUT2D eigenvalue weighted by Crippen LogP contribution is 2.31. The molecule has 0 saturated heterocycles. The van der Waals surface area contributed by atoms with Crippen LogP contribution in [0, 0.1) is 0 Å². The predicted molar refractivity (Wildman–Crippen MR) is 131 cm³/mol. The molecular formula is C26H31N3O4S. The van der Waals surface area contributed by atoms with E-state index in [9.17, 15) is 13.2 Å². The van der Waals surface area contributed by atoms with Gasteiger partial charge in [0.15, 0.2) is 0 Å². The van der Waals surface area contributed by atoms with Crippen LogP contribution in [0.1, 0.15) is 62.4 Å². The van der Waals surface area contributed by atoms with E-state index in [1.54, 1.807) is 29.9 Å². The van der Waals surface area contributed by atoms with Crippen LogP contribution < -0.4 is 4.72 Å². The average molecular weight is 482 g/mol. The quantitative estimate of drug-likeness (QED) is 0.475. The van der Waals surface area contributed by atoms with Gasteiger partial charge in [0.1, 0.15) is 6.54 Å². The zero-order chi connectivity index (χ0) is 24.3. The van der Waals surface area contributed by atoms with Crippen LogP contribution in [-0.4, -0.2) is 30.8 Å². The number of aromatic nitrogens is 2. The summed E-state index contributed by atoms with van der Waals surface area (Å²) >= 11 is 0. The van der Waals surface area contributed by atoms with Gasteiger partial charge < -0.3 is 4.74 Å². The van der Waals surface area contributed by atoms with Crippen molar-refractivity contribution in [1.82, 2.24) is 14.5 Å². The summed E-state index contributed by atoms with van der Waals surface area (Å²) in [5.41, 5.74) is 4.98. The molecule has 0 aliphatic heterocycles. The van der Waals surface area contributed by atoms with Crippen molar-refractivity contribution in [3.63, 3.8) is 0 Å². The van der Waals surface area contributed by atoms with Crippen LogP contribution in [-0.2, 0) is 32.5 Å². The van der Waals surface area contributed by atoms with E-state index in [0.717, 1.165) is 35.2 Å². The minimum atomic E-state index is -3.72. The lowest BCUT2D eigenvalue weighted by molar-refractivity contribution is -0.144. The van der Waals surface area contributed by atoms with E-state index in [-0.39, 0.29) is 23.5 Å². The molecule has 1 aliphatic carbocycles. The van der Waals surface area contributed by atoms with Crippen molar-refractivity contribution in [2.45, 2.75) is 63.4 Å². The number of esters is 1. The fraction of sp³-hybridized carbons (Fsp3) is 0.385. The van der Waals surface area contributed by atoms with Crippen LogP contribution in [0.4, 0.5) is 0 Å². The van der Waals surface area contributed by atoms with E-state index in [1.807, 2.05) is 24.3 Å². The molecule has 0 unspecified atom stereocenters. The first-order valence-corrected chi connectivity index (χ1v) is 13.2. The number of hydrogen-bond donors (Lipinski definition) is 1. The van der Waals surface area contributed by atoms with Crippen molar-refractivity contribution >= 4 is 16.0 Å². The van der Waals surface area contributed by atoms with Crippen LogP contribution in [0.5, 0.6) is 0 Å². The number of hydrogen-bond acceptors (Lipinski definition) is 5. The highest BCUT2D eigenvalue weighted by atomic mass is 32.2. The molecule has 3 aromatic rings. The summed E-state index contributed by atoms with van der Waals surface area (Å²) in [6, 6.07) is 14.9. The molecule has 0 fully saturated rings. The molecule has 1 N–H and O–H groups in total. The van der Waals surface area contributed by atoms with E-state index < -0.39 is 10.0 Å². The summed E-state index contributed by atoms with van der Waals surface area (Å²) in [7, 11) is -3.72. The van der Waals surface area contributed by atoms with E-state index in [0.29, 0.717) is 18.9 Å². The molecule has 0 radical (unpaired) electrons. The molecule has 1 heterocycles. The minimum Gasteiger partial charge on any atom is -0.465 e. The Kier molecular flexibility index (Phi) is 7.19. The van der Waals surface area contributed by atoms with Gasteiger partial charge in [-0.2, -0.15) is 5.10 Å². The largest absolute Gasteiger partial charge is 0.465 e. The van der Waals surface area contributed by atoms with Crippen molar-refractivity contribution < 1.29 is 17.9 Å². The van der Waals surface area contributed by atoms with Crippen molar-refractivity contribution in [1.29, 1.82) is 0 Å². The Labute approximate surface area is 201 Å². The maximum atomic E-state index is 13.2. The molecular weight excluding hydrogens is 450 g/mol. The average Bonchev–Trinajstić information content (AvgIpc) is 3.23. The van der Waals surface area contributed by atoms with Crippen molar-refractivity contribution in [3.05, 3.63) is 71.5 Å². The second-order valence-electron chi connectivity index (χ2n) is 8.88. The Morgan fingerprint density at radius 1 is 1.18 bits per heavy atom. The zero-order valence-electron chi connectivity index (χ0n) is 19.8. The van der Waals surface area contributed by atoms with Gasteiger partial charge in [0.2, 0.25) is 10.0 Å². The molecule has 7 nitrogen and oxygen atoms in total. The smallest absolute Gasteiger partial charge is 0.327 e. The molecule has 2 aromatic carbocycles. The Morgan fingerprint density at radius 2 is 1.94 bits per heavy atom. The molecule has 34 heavy (non-hydrogen) atoms. The van der Waals surface area contributed by atoms with Crippen molar-refractivity contribution in [2.75, 3.05) is 6.61 Å². The monoisotopic (exact) mass is 481 g/mol. The second kappa shape index (κ2) is 10.1. The molecule has 0 amide bonds. The third-order valence-corrected chi connectivity index (χ3v) is 7.68. The standard InChI is InChI=1S/C26H31N3O4S/c1-4-33-26(30)17-29-25-10-6-9-24(23(25)16-27-29)28-34(31,32)22-13-11-19(12-14-22)21-8-5-7-20(15-21)18(2)3/h5,7-8,11-16,18,24,28H,4,6,9-10,17H2,1-3H3/t24-/m1/s1. The van der Waals surface area contributed by atoms with Crippen LogP contribution in [0.3, 0.4) is 0 Å². The number of carbonyl (C=O) groups excluding carboxylic acids is 1. The van der Waals surface area contributed by atoms with Crippen LogP contribution in [0.25, 0.3) is 11.1 Å². The first-order chi connectivity index (χ1) is 16.3. The van der Waals surface area contributed by atoms with Crippen molar-refractivity contribution in [3.8, 4) is 11.1 Å². The lowest BCUT2D eigenvalue weighted by Crippen LogP contribution is -2.31. The third kappa shape index (κ3) is 5.23.